The van der Waals surface area contributed by atoms with E-state index in [0.717, 1.165) is 29.1 Å². The van der Waals surface area contributed by atoms with Crippen molar-refractivity contribution in [1.29, 1.82) is 0 Å². The Labute approximate surface area is 118 Å². The van der Waals surface area contributed by atoms with E-state index in [1.165, 1.54) is 0 Å². The van der Waals surface area contributed by atoms with Crippen LogP contribution in [0, 0.1) is 0 Å². The topological polar surface area (TPSA) is 53.1 Å². The van der Waals surface area contributed by atoms with Gasteiger partial charge in [-0.1, -0.05) is 18.5 Å². The first kappa shape index (κ1) is 13.9. The molecule has 0 saturated heterocycles. The first-order valence-electron chi connectivity index (χ1n) is 6.27. The molecule has 1 aromatic heterocycles. The Bertz CT molecular complexity index is 566. The van der Waals surface area contributed by atoms with Gasteiger partial charge in [-0.25, -0.2) is 0 Å². The van der Waals surface area contributed by atoms with Crippen LogP contribution in [0.5, 0.6) is 5.75 Å². The molecule has 1 heterocycles. The minimum absolute atomic E-state index is 0.404. The number of hydrogen-bond donors (Lipinski definition) is 1. The Morgan fingerprint density at radius 1 is 1.37 bits per heavy atom. The van der Waals surface area contributed by atoms with Gasteiger partial charge < -0.3 is 10.5 Å². The van der Waals surface area contributed by atoms with Crippen molar-refractivity contribution >= 4 is 11.6 Å². The van der Waals surface area contributed by atoms with Crippen LogP contribution < -0.4 is 10.5 Å². The fourth-order valence-electron chi connectivity index (χ4n) is 1.88. The quantitative estimate of drug-likeness (QED) is 0.915. The Kier molecular flexibility index (Phi) is 4.45. The minimum Gasteiger partial charge on any atom is -0.487 e. The van der Waals surface area contributed by atoms with Crippen LogP contribution in [0.25, 0.3) is 0 Å². The molecule has 0 aliphatic carbocycles. The second kappa shape index (κ2) is 6.08. The van der Waals surface area contributed by atoms with Crippen molar-refractivity contribution < 1.29 is 4.74 Å². The zero-order valence-electron chi connectivity index (χ0n) is 11.2. The summed E-state index contributed by atoms with van der Waals surface area (Å²) < 4.78 is 7.65. The van der Waals surface area contributed by atoms with E-state index in [-0.39, 0.29) is 0 Å². The fraction of sp³-hybridized carbons (Fsp3) is 0.357. The van der Waals surface area contributed by atoms with Crippen LogP contribution in [0.4, 0.5) is 0 Å². The summed E-state index contributed by atoms with van der Waals surface area (Å²) in [5.74, 6) is 0.770. The van der Waals surface area contributed by atoms with Gasteiger partial charge in [0.25, 0.3) is 0 Å². The van der Waals surface area contributed by atoms with Gasteiger partial charge in [-0.2, -0.15) is 5.10 Å². The van der Waals surface area contributed by atoms with E-state index in [1.807, 2.05) is 23.9 Å². The van der Waals surface area contributed by atoms with E-state index in [9.17, 15) is 0 Å². The van der Waals surface area contributed by atoms with E-state index < -0.39 is 0 Å². The molecule has 0 aliphatic rings. The second-order valence-electron chi connectivity index (χ2n) is 4.35. The summed E-state index contributed by atoms with van der Waals surface area (Å²) in [5, 5.41) is 5.06. The molecule has 2 aromatic rings. The second-order valence-corrected chi connectivity index (χ2v) is 4.79. The van der Waals surface area contributed by atoms with Crippen LogP contribution in [-0.4, -0.2) is 9.78 Å². The standard InChI is InChI=1S/C14H18ClN3O/c1-3-12-7-13(18(2)17-12)9-19-14-5-4-11(15)6-10(14)8-16/h4-7H,3,8-9,16H2,1-2H3. The molecule has 0 fully saturated rings. The predicted molar refractivity (Wildman–Crippen MR) is 76.3 cm³/mol. The summed E-state index contributed by atoms with van der Waals surface area (Å²) in [6.07, 6.45) is 0.919. The molecule has 102 valence electrons. The monoisotopic (exact) mass is 279 g/mol. The van der Waals surface area contributed by atoms with E-state index >= 15 is 0 Å². The summed E-state index contributed by atoms with van der Waals surface area (Å²) in [7, 11) is 1.92. The molecule has 0 amide bonds. The molecule has 0 atom stereocenters. The average Bonchev–Trinajstić information content (AvgIpc) is 2.78. The highest BCUT2D eigenvalue weighted by atomic mass is 35.5. The van der Waals surface area contributed by atoms with Gasteiger partial charge in [0.15, 0.2) is 0 Å². The molecule has 0 radical (unpaired) electrons. The van der Waals surface area contributed by atoms with Gasteiger partial charge in [0.1, 0.15) is 12.4 Å². The van der Waals surface area contributed by atoms with Crippen molar-refractivity contribution in [2.75, 3.05) is 0 Å². The molecule has 0 aliphatic heterocycles. The van der Waals surface area contributed by atoms with Crippen molar-refractivity contribution in [2.45, 2.75) is 26.5 Å². The molecular weight excluding hydrogens is 262 g/mol. The number of aromatic nitrogens is 2. The van der Waals surface area contributed by atoms with Crippen molar-refractivity contribution in [2.24, 2.45) is 12.8 Å². The fourth-order valence-corrected chi connectivity index (χ4v) is 2.07. The van der Waals surface area contributed by atoms with E-state index in [2.05, 4.69) is 18.1 Å². The summed E-state index contributed by atoms with van der Waals surface area (Å²) in [4.78, 5) is 0. The van der Waals surface area contributed by atoms with Crippen LogP contribution in [0.2, 0.25) is 5.02 Å². The maximum absolute atomic E-state index is 5.93. The molecule has 2 N–H and O–H groups in total. The molecule has 5 heteroatoms. The first-order valence-corrected chi connectivity index (χ1v) is 6.65. The lowest BCUT2D eigenvalue weighted by atomic mass is 10.2. The molecule has 2 rings (SSSR count). The molecule has 0 bridgehead atoms. The average molecular weight is 280 g/mol. The number of aryl methyl sites for hydroxylation is 2. The van der Waals surface area contributed by atoms with Gasteiger partial charge in [0, 0.05) is 24.2 Å². The molecule has 1 aromatic carbocycles. The van der Waals surface area contributed by atoms with Crippen LogP contribution >= 0.6 is 11.6 Å². The lowest BCUT2D eigenvalue weighted by molar-refractivity contribution is 0.292. The SMILES string of the molecule is CCc1cc(COc2ccc(Cl)cc2CN)n(C)n1. The van der Waals surface area contributed by atoms with Gasteiger partial charge >= 0.3 is 0 Å². The van der Waals surface area contributed by atoms with Crippen LogP contribution in [0.15, 0.2) is 24.3 Å². The molecule has 0 saturated carbocycles. The Morgan fingerprint density at radius 3 is 2.79 bits per heavy atom. The summed E-state index contributed by atoms with van der Waals surface area (Å²) in [5.41, 5.74) is 8.70. The van der Waals surface area contributed by atoms with E-state index in [0.29, 0.717) is 18.2 Å². The van der Waals surface area contributed by atoms with Crippen LogP contribution in [0.1, 0.15) is 23.9 Å². The molecule has 4 nitrogen and oxygen atoms in total. The lowest BCUT2D eigenvalue weighted by Gasteiger charge is -2.10. The highest BCUT2D eigenvalue weighted by Crippen LogP contribution is 2.23. The molecule has 0 spiro atoms. The van der Waals surface area contributed by atoms with E-state index in [1.54, 1.807) is 6.07 Å². The third-order valence-corrected chi connectivity index (χ3v) is 3.24. The number of hydrogen-bond acceptors (Lipinski definition) is 3. The Balaban J connectivity index is 2.11. The molecule has 0 unspecified atom stereocenters. The van der Waals surface area contributed by atoms with Crippen molar-refractivity contribution in [3.8, 4) is 5.75 Å². The highest BCUT2D eigenvalue weighted by molar-refractivity contribution is 6.30. The smallest absolute Gasteiger partial charge is 0.130 e. The molecular formula is C14H18ClN3O. The van der Waals surface area contributed by atoms with Gasteiger partial charge in [-0.3, -0.25) is 4.68 Å². The number of nitrogens with two attached hydrogens (primary N) is 1. The van der Waals surface area contributed by atoms with Gasteiger partial charge in [-0.05, 0) is 30.7 Å². The Morgan fingerprint density at radius 2 is 2.16 bits per heavy atom. The first-order chi connectivity index (χ1) is 9.13. The third-order valence-electron chi connectivity index (χ3n) is 3.01. The largest absolute Gasteiger partial charge is 0.487 e. The highest BCUT2D eigenvalue weighted by Gasteiger charge is 2.07. The van der Waals surface area contributed by atoms with Gasteiger partial charge in [0.05, 0.1) is 11.4 Å². The van der Waals surface area contributed by atoms with Gasteiger partial charge in [0.2, 0.25) is 0 Å². The summed E-state index contributed by atoms with van der Waals surface area (Å²) >= 11 is 5.93. The third kappa shape index (κ3) is 3.28. The number of rotatable bonds is 5. The summed E-state index contributed by atoms with van der Waals surface area (Å²) in [6, 6.07) is 7.54. The van der Waals surface area contributed by atoms with Crippen LogP contribution in [-0.2, 0) is 26.6 Å². The lowest BCUT2D eigenvalue weighted by Crippen LogP contribution is -2.06. The van der Waals surface area contributed by atoms with Crippen molar-refractivity contribution in [3.05, 3.63) is 46.2 Å². The minimum atomic E-state index is 0.404. The van der Waals surface area contributed by atoms with Gasteiger partial charge in [-0.15, -0.1) is 0 Å². The van der Waals surface area contributed by atoms with Crippen molar-refractivity contribution in [3.63, 3.8) is 0 Å². The predicted octanol–water partition coefficient (Wildman–Crippen LogP) is 2.67. The maximum atomic E-state index is 5.93. The number of halogens is 1. The normalized spacial score (nSPS) is 10.7. The number of ether oxygens (including phenoxy) is 1. The van der Waals surface area contributed by atoms with Crippen LogP contribution in [0.3, 0.4) is 0 Å². The zero-order valence-corrected chi connectivity index (χ0v) is 11.9. The number of benzene rings is 1. The Hall–Kier alpha value is -1.52. The molecule has 19 heavy (non-hydrogen) atoms. The summed E-state index contributed by atoms with van der Waals surface area (Å²) in [6.45, 7) is 2.96. The number of nitrogens with zero attached hydrogens (tertiary/aromatic N) is 2. The van der Waals surface area contributed by atoms with E-state index in [4.69, 9.17) is 22.1 Å². The van der Waals surface area contributed by atoms with Crippen molar-refractivity contribution in [1.82, 2.24) is 9.78 Å². The maximum Gasteiger partial charge on any atom is 0.130 e. The zero-order chi connectivity index (χ0) is 13.8.